The number of halogens is 1. The number of esters is 1. The van der Waals surface area contributed by atoms with Crippen molar-refractivity contribution in [1.82, 2.24) is 24.8 Å². The number of para-hydroxylation sites is 1. The smallest absolute Gasteiger partial charge is 0.312 e. The molecule has 0 aliphatic carbocycles. The van der Waals surface area contributed by atoms with Gasteiger partial charge in [0.05, 0.1) is 36.1 Å². The number of hydrogen-bond acceptors (Lipinski definition) is 8. The summed E-state index contributed by atoms with van der Waals surface area (Å²) >= 11 is 3.67. The van der Waals surface area contributed by atoms with Gasteiger partial charge in [-0.1, -0.05) is 82.3 Å². The Morgan fingerprint density at radius 1 is 1.19 bits per heavy atom. The van der Waals surface area contributed by atoms with Crippen LogP contribution in [0.1, 0.15) is 18.0 Å². The van der Waals surface area contributed by atoms with E-state index in [1.807, 2.05) is 30.3 Å². The molecular formula is C31H32BrN5O6. The van der Waals surface area contributed by atoms with Crippen LogP contribution >= 0.6 is 15.9 Å². The summed E-state index contributed by atoms with van der Waals surface area (Å²) in [6, 6.07) is 14.4. The average molecular weight is 651 g/mol. The van der Waals surface area contributed by atoms with E-state index in [0.717, 1.165) is 5.52 Å². The van der Waals surface area contributed by atoms with Gasteiger partial charge in [-0.2, -0.15) is 0 Å². The van der Waals surface area contributed by atoms with Crippen molar-refractivity contribution in [3.05, 3.63) is 85.5 Å². The van der Waals surface area contributed by atoms with Crippen LogP contribution < -0.4 is 0 Å². The van der Waals surface area contributed by atoms with Crippen LogP contribution in [0.5, 0.6) is 0 Å². The molecule has 2 bridgehead atoms. The fourth-order valence-corrected chi connectivity index (χ4v) is 7.89. The van der Waals surface area contributed by atoms with Crippen molar-refractivity contribution in [1.29, 1.82) is 0 Å². The molecule has 6 rings (SSSR count). The van der Waals surface area contributed by atoms with Crippen LogP contribution in [0.4, 0.5) is 0 Å². The summed E-state index contributed by atoms with van der Waals surface area (Å²) in [6.45, 7) is 7.19. The molecule has 43 heavy (non-hydrogen) atoms. The Hall–Kier alpha value is -3.87. The number of benzene rings is 2. The van der Waals surface area contributed by atoms with Gasteiger partial charge in [-0.15, -0.1) is 11.7 Å². The standard InChI is InChI=1S/C31H32BrN5O6/c1-3-14-35(18-36-22-13-9-8-12-21(22)33-34-36)29(40)27-31-16-20(32)26(43-31)24(30(41)42-15-4-2)25(31)28(39)37(27)23(17-38)19-10-6-5-7-11-19/h3-13,20,23-27,38H,1-2,14-18H2/t20?,23-,24+,25+,26+,27?,31?/m1/s1. The molecule has 0 radical (unpaired) electrons. The second-order valence-electron chi connectivity index (χ2n) is 11.0. The van der Waals surface area contributed by atoms with Gasteiger partial charge in [0.1, 0.15) is 30.4 Å². The number of aliphatic hydroxyl groups is 1. The van der Waals surface area contributed by atoms with E-state index in [2.05, 4.69) is 39.4 Å². The lowest BCUT2D eigenvalue weighted by atomic mass is 9.70. The molecule has 1 aromatic heterocycles. The van der Waals surface area contributed by atoms with Gasteiger partial charge >= 0.3 is 5.97 Å². The molecule has 3 fully saturated rings. The van der Waals surface area contributed by atoms with Gasteiger partial charge in [-0.05, 0) is 24.1 Å². The van der Waals surface area contributed by atoms with Crippen molar-refractivity contribution < 1.29 is 29.0 Å². The predicted octanol–water partition coefficient (Wildman–Crippen LogP) is 2.61. The minimum atomic E-state index is -1.34. The van der Waals surface area contributed by atoms with Gasteiger partial charge < -0.3 is 24.4 Å². The Bertz CT molecular complexity index is 1560. The quantitative estimate of drug-likeness (QED) is 0.191. The van der Waals surface area contributed by atoms with Gasteiger partial charge in [-0.3, -0.25) is 14.4 Å². The molecule has 3 aromatic rings. The number of aliphatic hydroxyl groups excluding tert-OH is 1. The summed E-state index contributed by atoms with van der Waals surface area (Å²) < 4.78 is 13.6. The zero-order valence-electron chi connectivity index (χ0n) is 23.4. The highest BCUT2D eigenvalue weighted by molar-refractivity contribution is 9.09. The molecule has 224 valence electrons. The Labute approximate surface area is 256 Å². The number of alkyl halides is 1. The fraction of sp³-hybridized carbons (Fsp3) is 0.387. The molecule has 11 nitrogen and oxygen atoms in total. The van der Waals surface area contributed by atoms with Crippen molar-refractivity contribution in [3.8, 4) is 0 Å². The van der Waals surface area contributed by atoms with E-state index in [1.54, 1.807) is 39.9 Å². The molecule has 2 aromatic carbocycles. The average Bonchev–Trinajstić information content (AvgIpc) is 3.74. The SMILES string of the molecule is C=CCOC(=O)[C@H]1[C@H]2C(=O)N([C@H](CO)c3ccccc3)C(C(=O)N(CC=C)Cn3nnc4ccccc43)C23CC(Br)[C@@H]1O3. The van der Waals surface area contributed by atoms with Gasteiger partial charge in [0.25, 0.3) is 0 Å². The Kier molecular flexibility index (Phi) is 7.92. The van der Waals surface area contributed by atoms with Crippen molar-refractivity contribution in [2.45, 2.75) is 41.7 Å². The minimum Gasteiger partial charge on any atom is -0.461 e. The van der Waals surface area contributed by atoms with Crippen LogP contribution in [0.15, 0.2) is 79.9 Å². The number of nitrogens with zero attached hydrogens (tertiary/aromatic N) is 5. The third-order valence-corrected chi connectivity index (χ3v) is 9.50. The lowest BCUT2D eigenvalue weighted by Gasteiger charge is -2.39. The van der Waals surface area contributed by atoms with Crippen molar-refractivity contribution in [3.63, 3.8) is 0 Å². The van der Waals surface area contributed by atoms with E-state index in [1.165, 1.54) is 11.0 Å². The van der Waals surface area contributed by atoms with Crippen molar-refractivity contribution in [2.75, 3.05) is 19.8 Å². The topological polar surface area (TPSA) is 127 Å². The van der Waals surface area contributed by atoms with E-state index in [4.69, 9.17) is 9.47 Å². The Morgan fingerprint density at radius 3 is 2.65 bits per heavy atom. The number of carbonyl (C=O) groups excluding carboxylic acids is 3. The number of aromatic nitrogens is 3. The second kappa shape index (κ2) is 11.7. The first-order chi connectivity index (χ1) is 20.9. The number of likely N-dealkylation sites (tertiary alicyclic amines) is 1. The Morgan fingerprint density at radius 2 is 1.93 bits per heavy atom. The lowest BCUT2D eigenvalue weighted by Crippen LogP contribution is -2.57. The molecule has 3 aliphatic rings. The summed E-state index contributed by atoms with van der Waals surface area (Å²) in [6.07, 6.45) is 2.71. The molecule has 3 aliphatic heterocycles. The number of rotatable bonds is 11. The zero-order chi connectivity index (χ0) is 30.3. The van der Waals surface area contributed by atoms with E-state index in [0.29, 0.717) is 17.5 Å². The normalized spacial score (nSPS) is 28.1. The van der Waals surface area contributed by atoms with Crippen LogP contribution in [0.25, 0.3) is 11.0 Å². The molecule has 3 saturated heterocycles. The second-order valence-corrected chi connectivity index (χ2v) is 12.2. The largest absolute Gasteiger partial charge is 0.461 e. The van der Waals surface area contributed by atoms with E-state index in [9.17, 15) is 19.5 Å². The van der Waals surface area contributed by atoms with E-state index in [-0.39, 0.29) is 24.6 Å². The highest BCUT2D eigenvalue weighted by atomic mass is 79.9. The molecule has 7 atom stereocenters. The van der Waals surface area contributed by atoms with Crippen LogP contribution in [0.3, 0.4) is 0 Å². The number of fused-ring (bicyclic) bond motifs is 2. The molecule has 3 unspecified atom stereocenters. The Balaban J connectivity index is 1.45. The summed E-state index contributed by atoms with van der Waals surface area (Å²) in [7, 11) is 0. The maximum Gasteiger partial charge on any atom is 0.312 e. The predicted molar refractivity (Wildman–Crippen MR) is 159 cm³/mol. The summed E-state index contributed by atoms with van der Waals surface area (Å²) in [5.41, 5.74) is 0.730. The summed E-state index contributed by atoms with van der Waals surface area (Å²) in [5, 5.41) is 19.2. The van der Waals surface area contributed by atoms with Crippen molar-refractivity contribution >= 4 is 44.7 Å². The highest BCUT2D eigenvalue weighted by Gasteiger charge is 2.77. The minimum absolute atomic E-state index is 0.0166. The number of amides is 2. The summed E-state index contributed by atoms with van der Waals surface area (Å²) in [4.78, 5) is 45.3. The maximum absolute atomic E-state index is 14.8. The number of carbonyl (C=O) groups is 3. The monoisotopic (exact) mass is 649 g/mol. The number of hydrogen-bond donors (Lipinski definition) is 1. The first kappa shape index (κ1) is 29.2. The highest BCUT2D eigenvalue weighted by Crippen LogP contribution is 2.61. The molecule has 1 spiro atoms. The first-order valence-electron chi connectivity index (χ1n) is 14.1. The van der Waals surface area contributed by atoms with E-state index >= 15 is 0 Å². The van der Waals surface area contributed by atoms with Gasteiger partial charge in [0.15, 0.2) is 0 Å². The van der Waals surface area contributed by atoms with Crippen LogP contribution in [-0.4, -0.2) is 90.0 Å². The lowest BCUT2D eigenvalue weighted by molar-refractivity contribution is -0.156. The van der Waals surface area contributed by atoms with Gasteiger partial charge in [-0.25, -0.2) is 4.68 Å². The van der Waals surface area contributed by atoms with Crippen molar-refractivity contribution in [2.24, 2.45) is 11.8 Å². The molecule has 12 heteroatoms. The van der Waals surface area contributed by atoms with Gasteiger partial charge in [0, 0.05) is 11.4 Å². The fourth-order valence-electron chi connectivity index (χ4n) is 6.95. The third kappa shape index (κ3) is 4.68. The van der Waals surface area contributed by atoms with Crippen LogP contribution in [0.2, 0.25) is 0 Å². The zero-order valence-corrected chi connectivity index (χ0v) is 25.0. The first-order valence-corrected chi connectivity index (χ1v) is 15.0. The van der Waals surface area contributed by atoms with E-state index < -0.39 is 60.0 Å². The third-order valence-electron chi connectivity index (χ3n) is 8.66. The number of ether oxygens (including phenoxy) is 2. The molecule has 0 saturated carbocycles. The molecule has 1 N–H and O–H groups in total. The summed E-state index contributed by atoms with van der Waals surface area (Å²) in [5.74, 6) is -3.35. The van der Waals surface area contributed by atoms with Crippen LogP contribution in [-0.2, 0) is 30.5 Å². The van der Waals surface area contributed by atoms with Crippen LogP contribution in [0, 0.1) is 11.8 Å². The molecule has 2 amide bonds. The maximum atomic E-state index is 14.8. The molecular weight excluding hydrogens is 618 g/mol. The van der Waals surface area contributed by atoms with Gasteiger partial charge in [0.2, 0.25) is 11.8 Å². The molecule has 4 heterocycles.